The van der Waals surface area contributed by atoms with E-state index in [4.69, 9.17) is 5.73 Å². The van der Waals surface area contributed by atoms with Gasteiger partial charge in [0, 0.05) is 11.7 Å². The van der Waals surface area contributed by atoms with Crippen molar-refractivity contribution in [3.63, 3.8) is 0 Å². The molecule has 1 saturated heterocycles. The third-order valence-electron chi connectivity index (χ3n) is 4.38. The highest BCUT2D eigenvalue weighted by molar-refractivity contribution is 5.45. The fourth-order valence-corrected chi connectivity index (χ4v) is 3.38. The van der Waals surface area contributed by atoms with Crippen molar-refractivity contribution in [2.24, 2.45) is 0 Å². The molecule has 1 aromatic rings. The molecule has 2 nitrogen and oxygen atoms in total. The van der Waals surface area contributed by atoms with E-state index in [2.05, 4.69) is 23.1 Å². The summed E-state index contributed by atoms with van der Waals surface area (Å²) in [4.78, 5) is 2.70. The zero-order valence-corrected chi connectivity index (χ0v) is 14.5. The van der Waals surface area contributed by atoms with Gasteiger partial charge in [0.05, 0.1) is 0 Å². The van der Waals surface area contributed by atoms with Crippen LogP contribution in [0, 0.1) is 0 Å². The Morgan fingerprint density at radius 1 is 0.905 bits per heavy atom. The van der Waals surface area contributed by atoms with Crippen molar-refractivity contribution in [1.29, 1.82) is 0 Å². The molecule has 0 spiro atoms. The van der Waals surface area contributed by atoms with Gasteiger partial charge >= 0.3 is 0 Å². The molecular weight excluding hydrogens is 256 g/mol. The van der Waals surface area contributed by atoms with Crippen molar-refractivity contribution in [2.45, 2.75) is 72.3 Å². The smallest absolute Gasteiger partial charge is 0.0316 e. The minimum atomic E-state index is 0.811. The molecule has 0 bridgehead atoms. The molecule has 0 saturated carbocycles. The van der Waals surface area contributed by atoms with Gasteiger partial charge in [0.1, 0.15) is 0 Å². The first-order valence-corrected chi connectivity index (χ1v) is 8.94. The molecule has 0 amide bonds. The van der Waals surface area contributed by atoms with Gasteiger partial charge in [0.25, 0.3) is 0 Å². The monoisotopic (exact) mass is 290 g/mol. The molecule has 0 radical (unpaired) electrons. The predicted octanol–water partition coefficient (Wildman–Crippen LogP) is 4.66. The molecule has 1 atom stereocenters. The Labute approximate surface area is 131 Å². The summed E-state index contributed by atoms with van der Waals surface area (Å²) >= 11 is 0. The van der Waals surface area contributed by atoms with Gasteiger partial charge in [0.15, 0.2) is 0 Å². The zero-order chi connectivity index (χ0) is 15.7. The standard InChI is InChI=1S/C15H22N2.2C2H6/c16-14-6-3-12-4-7-15(8-5-13(12)11-14)17-9-1-2-10-17;2*1-2/h3,6,11,15H,1-2,4-5,7-10,16H2;2*1-2H3. The first kappa shape index (κ1) is 18.0. The van der Waals surface area contributed by atoms with Crippen LogP contribution in [0.1, 0.15) is 64.5 Å². The quantitative estimate of drug-likeness (QED) is 0.602. The zero-order valence-electron chi connectivity index (χ0n) is 14.5. The highest BCUT2D eigenvalue weighted by Gasteiger charge is 2.24. The topological polar surface area (TPSA) is 29.3 Å². The minimum Gasteiger partial charge on any atom is -0.399 e. The summed E-state index contributed by atoms with van der Waals surface area (Å²) in [7, 11) is 0. The predicted molar refractivity (Wildman–Crippen MR) is 94.8 cm³/mol. The van der Waals surface area contributed by atoms with Crippen LogP contribution >= 0.6 is 0 Å². The molecule has 21 heavy (non-hydrogen) atoms. The number of fused-ring (bicyclic) bond motifs is 1. The second kappa shape index (κ2) is 9.83. The van der Waals surface area contributed by atoms with E-state index in [-0.39, 0.29) is 0 Å². The molecule has 2 N–H and O–H groups in total. The molecule has 1 fully saturated rings. The fourth-order valence-electron chi connectivity index (χ4n) is 3.38. The lowest BCUT2D eigenvalue weighted by Crippen LogP contribution is -2.32. The molecule has 0 aromatic heterocycles. The maximum atomic E-state index is 5.88. The van der Waals surface area contributed by atoms with Crippen LogP contribution in [0.3, 0.4) is 0 Å². The van der Waals surface area contributed by atoms with Crippen LogP contribution in [0.5, 0.6) is 0 Å². The number of nitrogens with two attached hydrogens (primary N) is 1. The van der Waals surface area contributed by atoms with Crippen LogP contribution in [-0.4, -0.2) is 24.0 Å². The van der Waals surface area contributed by atoms with Crippen LogP contribution in [-0.2, 0) is 12.8 Å². The molecular formula is C19H34N2. The second-order valence-electron chi connectivity index (χ2n) is 5.50. The first-order valence-electron chi connectivity index (χ1n) is 8.94. The molecule has 1 unspecified atom stereocenters. The van der Waals surface area contributed by atoms with Gasteiger partial charge in [-0.25, -0.2) is 0 Å². The number of rotatable bonds is 1. The van der Waals surface area contributed by atoms with Gasteiger partial charge in [-0.2, -0.15) is 0 Å². The molecule has 120 valence electrons. The summed E-state index contributed by atoms with van der Waals surface area (Å²) in [5.41, 5.74) is 9.82. The summed E-state index contributed by atoms with van der Waals surface area (Å²) in [6, 6.07) is 7.28. The van der Waals surface area contributed by atoms with Crippen molar-refractivity contribution in [3.8, 4) is 0 Å². The van der Waals surface area contributed by atoms with E-state index in [0.717, 1.165) is 11.7 Å². The van der Waals surface area contributed by atoms with Gasteiger partial charge in [-0.1, -0.05) is 33.8 Å². The molecule has 2 heteroatoms. The molecule has 1 heterocycles. The van der Waals surface area contributed by atoms with Gasteiger partial charge in [-0.05, 0) is 74.9 Å². The van der Waals surface area contributed by atoms with Crippen molar-refractivity contribution in [3.05, 3.63) is 29.3 Å². The normalized spacial score (nSPS) is 21.2. The van der Waals surface area contributed by atoms with Crippen LogP contribution in [0.4, 0.5) is 5.69 Å². The molecule has 1 aliphatic heterocycles. The average Bonchev–Trinajstić information content (AvgIpc) is 2.99. The minimum absolute atomic E-state index is 0.811. The number of anilines is 1. The van der Waals surface area contributed by atoms with E-state index in [0.29, 0.717) is 0 Å². The van der Waals surface area contributed by atoms with Crippen molar-refractivity contribution >= 4 is 5.69 Å². The van der Waals surface area contributed by atoms with Crippen LogP contribution < -0.4 is 5.73 Å². The van der Waals surface area contributed by atoms with Crippen LogP contribution in [0.2, 0.25) is 0 Å². The summed E-state index contributed by atoms with van der Waals surface area (Å²) in [5.74, 6) is 0. The number of hydrogen-bond donors (Lipinski definition) is 1. The van der Waals surface area contributed by atoms with Crippen LogP contribution in [0.25, 0.3) is 0 Å². The second-order valence-corrected chi connectivity index (χ2v) is 5.50. The van der Waals surface area contributed by atoms with E-state index < -0.39 is 0 Å². The van der Waals surface area contributed by atoms with Gasteiger partial charge in [-0.15, -0.1) is 0 Å². The first-order chi connectivity index (χ1) is 10.3. The lowest BCUT2D eigenvalue weighted by molar-refractivity contribution is 0.222. The Bertz CT molecular complexity index is 395. The number of aryl methyl sites for hydroxylation is 2. The highest BCUT2D eigenvalue weighted by atomic mass is 15.2. The maximum Gasteiger partial charge on any atom is 0.0316 e. The average molecular weight is 290 g/mol. The lowest BCUT2D eigenvalue weighted by Gasteiger charge is -2.25. The molecule has 1 aliphatic carbocycles. The SMILES string of the molecule is CC.CC.Nc1ccc2c(c1)CCC(N1CCCC1)CC2. The van der Waals surface area contributed by atoms with Crippen molar-refractivity contribution in [2.75, 3.05) is 18.8 Å². The Morgan fingerprint density at radius 3 is 2.10 bits per heavy atom. The third kappa shape index (κ3) is 5.03. The van der Waals surface area contributed by atoms with E-state index in [1.54, 1.807) is 0 Å². The van der Waals surface area contributed by atoms with Gasteiger partial charge in [0.2, 0.25) is 0 Å². The number of nitrogens with zero attached hydrogens (tertiary/aromatic N) is 1. The third-order valence-corrected chi connectivity index (χ3v) is 4.38. The summed E-state index contributed by atoms with van der Waals surface area (Å²) in [6.45, 7) is 10.6. The maximum absolute atomic E-state index is 5.88. The van der Waals surface area contributed by atoms with Crippen molar-refractivity contribution in [1.82, 2.24) is 4.90 Å². The fraction of sp³-hybridized carbons (Fsp3) is 0.684. The van der Waals surface area contributed by atoms with Gasteiger partial charge in [-0.3, -0.25) is 0 Å². The van der Waals surface area contributed by atoms with E-state index in [1.807, 2.05) is 27.7 Å². The van der Waals surface area contributed by atoms with E-state index in [1.165, 1.54) is 62.7 Å². The number of hydrogen-bond acceptors (Lipinski definition) is 2. The van der Waals surface area contributed by atoms with Crippen LogP contribution in [0.15, 0.2) is 18.2 Å². The lowest BCUT2D eigenvalue weighted by atomic mass is 10.0. The Kier molecular flexibility index (Phi) is 8.44. The highest BCUT2D eigenvalue weighted by Crippen LogP contribution is 2.27. The summed E-state index contributed by atoms with van der Waals surface area (Å²) in [6.07, 6.45) is 7.89. The molecule has 2 aliphatic rings. The Hall–Kier alpha value is -1.02. The van der Waals surface area contributed by atoms with E-state index in [9.17, 15) is 0 Å². The number of likely N-dealkylation sites (tertiary alicyclic amines) is 1. The number of nitrogen functional groups attached to an aromatic ring is 1. The molecule has 1 aromatic carbocycles. The summed E-state index contributed by atoms with van der Waals surface area (Å²) in [5, 5.41) is 0. The number of benzene rings is 1. The van der Waals surface area contributed by atoms with Crippen molar-refractivity contribution < 1.29 is 0 Å². The Balaban J connectivity index is 0.000000510. The Morgan fingerprint density at radius 2 is 1.48 bits per heavy atom. The van der Waals surface area contributed by atoms with Gasteiger partial charge < -0.3 is 10.6 Å². The largest absolute Gasteiger partial charge is 0.399 e. The van der Waals surface area contributed by atoms with E-state index >= 15 is 0 Å². The molecule has 3 rings (SSSR count). The summed E-state index contributed by atoms with van der Waals surface area (Å²) < 4.78 is 0.